The fourth-order valence-corrected chi connectivity index (χ4v) is 2.28. The quantitative estimate of drug-likeness (QED) is 0.809. The number of ether oxygens (including phenoxy) is 1. The molecule has 1 aromatic rings. The van der Waals surface area contributed by atoms with Gasteiger partial charge in [-0.05, 0) is 42.9 Å². The number of rotatable bonds is 3. The smallest absolute Gasteiger partial charge is 0.310 e. The standard InChI is InChI=1S/C14H18O3/c1-2-17-14(16)8-10-3-4-12-9-13(15)6-5-11(12)7-10/h3-4,7,13,15H,2,5-6,8-9H2,1H3. The van der Waals surface area contributed by atoms with Crippen molar-refractivity contribution >= 4 is 5.97 Å². The molecule has 2 rings (SSSR count). The minimum atomic E-state index is -0.210. The Hall–Kier alpha value is -1.35. The zero-order chi connectivity index (χ0) is 12.3. The summed E-state index contributed by atoms with van der Waals surface area (Å²) < 4.78 is 4.93. The molecule has 0 spiro atoms. The molecule has 1 aromatic carbocycles. The maximum absolute atomic E-state index is 11.4. The zero-order valence-corrected chi connectivity index (χ0v) is 10.1. The van der Waals surface area contributed by atoms with Crippen molar-refractivity contribution in [2.45, 2.75) is 38.7 Å². The van der Waals surface area contributed by atoms with Crippen LogP contribution in [-0.2, 0) is 28.8 Å². The van der Waals surface area contributed by atoms with E-state index in [9.17, 15) is 9.90 Å². The summed E-state index contributed by atoms with van der Waals surface area (Å²) in [6.07, 6.45) is 2.57. The predicted octanol–water partition coefficient (Wildman–Crippen LogP) is 1.64. The van der Waals surface area contributed by atoms with E-state index in [1.165, 1.54) is 11.1 Å². The largest absolute Gasteiger partial charge is 0.466 e. The Morgan fingerprint density at radius 3 is 3.06 bits per heavy atom. The van der Waals surface area contributed by atoms with Crippen molar-refractivity contribution in [2.24, 2.45) is 0 Å². The third kappa shape index (κ3) is 3.07. The summed E-state index contributed by atoms with van der Waals surface area (Å²) in [4.78, 5) is 11.4. The van der Waals surface area contributed by atoms with Gasteiger partial charge >= 0.3 is 5.97 Å². The second-order valence-electron chi connectivity index (χ2n) is 4.48. The van der Waals surface area contributed by atoms with Crippen molar-refractivity contribution in [3.63, 3.8) is 0 Å². The van der Waals surface area contributed by atoms with Gasteiger partial charge in [-0.25, -0.2) is 0 Å². The highest BCUT2D eigenvalue weighted by Crippen LogP contribution is 2.22. The number of aliphatic hydroxyl groups is 1. The molecular formula is C14H18O3. The Morgan fingerprint density at radius 2 is 2.29 bits per heavy atom. The summed E-state index contributed by atoms with van der Waals surface area (Å²) in [5, 5.41) is 9.57. The molecule has 0 radical (unpaired) electrons. The molecule has 0 aromatic heterocycles. The molecule has 1 aliphatic carbocycles. The van der Waals surface area contributed by atoms with Gasteiger partial charge < -0.3 is 9.84 Å². The van der Waals surface area contributed by atoms with Crippen molar-refractivity contribution in [2.75, 3.05) is 6.61 Å². The fourth-order valence-electron chi connectivity index (χ4n) is 2.28. The molecular weight excluding hydrogens is 216 g/mol. The number of aryl methyl sites for hydroxylation is 1. The molecule has 1 atom stereocenters. The highest BCUT2D eigenvalue weighted by Gasteiger charge is 2.17. The minimum Gasteiger partial charge on any atom is -0.466 e. The van der Waals surface area contributed by atoms with Gasteiger partial charge in [0, 0.05) is 0 Å². The minimum absolute atomic E-state index is 0.178. The molecule has 0 amide bonds. The van der Waals surface area contributed by atoms with Crippen molar-refractivity contribution in [1.82, 2.24) is 0 Å². The Morgan fingerprint density at radius 1 is 1.47 bits per heavy atom. The van der Waals surface area contributed by atoms with Crippen LogP contribution in [0.15, 0.2) is 18.2 Å². The van der Waals surface area contributed by atoms with E-state index >= 15 is 0 Å². The normalized spacial score (nSPS) is 18.6. The van der Waals surface area contributed by atoms with Crippen LogP contribution in [0.4, 0.5) is 0 Å². The number of esters is 1. The van der Waals surface area contributed by atoms with Gasteiger partial charge in [-0.15, -0.1) is 0 Å². The summed E-state index contributed by atoms with van der Waals surface area (Å²) in [6, 6.07) is 6.04. The Balaban J connectivity index is 2.08. The summed E-state index contributed by atoms with van der Waals surface area (Å²) in [5.74, 6) is -0.178. The Kier molecular flexibility index (Phi) is 3.79. The number of carbonyl (C=O) groups is 1. The van der Waals surface area contributed by atoms with Crippen LogP contribution >= 0.6 is 0 Å². The molecule has 0 saturated heterocycles. The van der Waals surface area contributed by atoms with Crippen molar-refractivity contribution in [1.29, 1.82) is 0 Å². The van der Waals surface area contributed by atoms with E-state index in [-0.39, 0.29) is 12.1 Å². The summed E-state index contributed by atoms with van der Waals surface area (Å²) in [5.41, 5.74) is 3.46. The van der Waals surface area contributed by atoms with E-state index in [2.05, 4.69) is 6.07 Å². The highest BCUT2D eigenvalue weighted by atomic mass is 16.5. The molecule has 0 bridgehead atoms. The summed E-state index contributed by atoms with van der Waals surface area (Å²) >= 11 is 0. The monoisotopic (exact) mass is 234 g/mol. The first-order chi connectivity index (χ1) is 8.19. The number of carbonyl (C=O) groups excluding carboxylic acids is 1. The molecule has 1 aliphatic rings. The molecule has 17 heavy (non-hydrogen) atoms. The third-order valence-corrected chi connectivity index (χ3v) is 3.13. The van der Waals surface area contributed by atoms with Gasteiger partial charge in [-0.1, -0.05) is 18.2 Å². The van der Waals surface area contributed by atoms with E-state index in [4.69, 9.17) is 4.74 Å². The first kappa shape index (κ1) is 12.1. The van der Waals surface area contributed by atoms with E-state index < -0.39 is 0 Å². The first-order valence-corrected chi connectivity index (χ1v) is 6.13. The number of hydrogen-bond donors (Lipinski definition) is 1. The van der Waals surface area contributed by atoms with Crippen LogP contribution in [0.2, 0.25) is 0 Å². The highest BCUT2D eigenvalue weighted by molar-refractivity contribution is 5.72. The van der Waals surface area contributed by atoms with Crippen LogP contribution in [-0.4, -0.2) is 23.8 Å². The van der Waals surface area contributed by atoms with E-state index in [0.717, 1.165) is 24.8 Å². The maximum atomic E-state index is 11.4. The maximum Gasteiger partial charge on any atom is 0.310 e. The lowest BCUT2D eigenvalue weighted by Crippen LogP contribution is -2.19. The van der Waals surface area contributed by atoms with E-state index in [1.54, 1.807) is 0 Å². The molecule has 3 heteroatoms. The topological polar surface area (TPSA) is 46.5 Å². The summed E-state index contributed by atoms with van der Waals surface area (Å²) in [6.45, 7) is 2.24. The van der Waals surface area contributed by atoms with Crippen LogP contribution in [0.3, 0.4) is 0 Å². The average molecular weight is 234 g/mol. The number of hydrogen-bond acceptors (Lipinski definition) is 3. The molecule has 0 fully saturated rings. The number of aliphatic hydroxyl groups excluding tert-OH is 1. The second-order valence-corrected chi connectivity index (χ2v) is 4.48. The molecule has 92 valence electrons. The SMILES string of the molecule is CCOC(=O)Cc1ccc2c(c1)CCC(O)C2. The van der Waals surface area contributed by atoms with Crippen LogP contribution in [0.5, 0.6) is 0 Å². The predicted molar refractivity (Wildman–Crippen MR) is 64.8 cm³/mol. The van der Waals surface area contributed by atoms with Gasteiger partial charge in [-0.3, -0.25) is 4.79 Å². The average Bonchev–Trinajstić information content (AvgIpc) is 2.29. The molecule has 1 N–H and O–H groups in total. The first-order valence-electron chi connectivity index (χ1n) is 6.13. The van der Waals surface area contributed by atoms with Crippen molar-refractivity contribution in [3.05, 3.63) is 34.9 Å². The van der Waals surface area contributed by atoms with Crippen molar-refractivity contribution < 1.29 is 14.6 Å². The van der Waals surface area contributed by atoms with Crippen LogP contribution in [0, 0.1) is 0 Å². The Bertz CT molecular complexity index is 412. The van der Waals surface area contributed by atoms with Crippen LogP contribution in [0.25, 0.3) is 0 Å². The molecule has 0 aliphatic heterocycles. The lowest BCUT2D eigenvalue weighted by Gasteiger charge is -2.21. The fraction of sp³-hybridized carbons (Fsp3) is 0.500. The van der Waals surface area contributed by atoms with E-state index in [1.807, 2.05) is 19.1 Å². The molecule has 0 heterocycles. The van der Waals surface area contributed by atoms with Crippen LogP contribution in [0.1, 0.15) is 30.0 Å². The number of fused-ring (bicyclic) bond motifs is 1. The van der Waals surface area contributed by atoms with E-state index in [0.29, 0.717) is 13.0 Å². The van der Waals surface area contributed by atoms with Crippen molar-refractivity contribution in [3.8, 4) is 0 Å². The van der Waals surface area contributed by atoms with Gasteiger partial charge in [-0.2, -0.15) is 0 Å². The van der Waals surface area contributed by atoms with Gasteiger partial charge in [0.15, 0.2) is 0 Å². The van der Waals surface area contributed by atoms with Gasteiger partial charge in [0.05, 0.1) is 19.1 Å². The lowest BCUT2D eigenvalue weighted by atomic mass is 9.88. The molecule has 1 unspecified atom stereocenters. The number of benzene rings is 1. The second kappa shape index (κ2) is 5.32. The van der Waals surface area contributed by atoms with Gasteiger partial charge in [0.1, 0.15) is 0 Å². The van der Waals surface area contributed by atoms with Gasteiger partial charge in [0.25, 0.3) is 0 Å². The molecule has 0 saturated carbocycles. The Labute approximate surface area is 101 Å². The lowest BCUT2D eigenvalue weighted by molar-refractivity contribution is -0.142. The molecule has 3 nitrogen and oxygen atoms in total. The van der Waals surface area contributed by atoms with Gasteiger partial charge in [0.2, 0.25) is 0 Å². The summed E-state index contributed by atoms with van der Waals surface area (Å²) in [7, 11) is 0. The van der Waals surface area contributed by atoms with Crippen LogP contribution < -0.4 is 0 Å². The zero-order valence-electron chi connectivity index (χ0n) is 10.1. The third-order valence-electron chi connectivity index (χ3n) is 3.13.